The van der Waals surface area contributed by atoms with Crippen molar-refractivity contribution >= 4 is 33.4 Å². The van der Waals surface area contributed by atoms with Crippen LogP contribution in [0.5, 0.6) is 0 Å². The van der Waals surface area contributed by atoms with Gasteiger partial charge in [0.1, 0.15) is 0 Å². The molecule has 0 aliphatic carbocycles. The molecule has 1 N–H and O–H groups in total. The van der Waals surface area contributed by atoms with Crippen LogP contribution in [0, 0.1) is 0 Å². The Labute approximate surface area is 133 Å². The van der Waals surface area contributed by atoms with Crippen LogP contribution in [-0.2, 0) is 10.0 Å². The molecule has 1 heterocycles. The van der Waals surface area contributed by atoms with Gasteiger partial charge in [0.2, 0.25) is 10.0 Å². The summed E-state index contributed by atoms with van der Waals surface area (Å²) in [6.07, 6.45) is 0.786. The predicted octanol–water partition coefficient (Wildman–Crippen LogP) is 3.86. The second kappa shape index (κ2) is 6.01. The maximum atomic E-state index is 12.5. The number of nitrogens with one attached hydrogen (secondary N) is 1. The first-order valence-electron chi connectivity index (χ1n) is 6.56. The van der Waals surface area contributed by atoms with E-state index in [0.717, 1.165) is 22.6 Å². The monoisotopic (exact) mass is 339 g/mol. The molecule has 21 heavy (non-hydrogen) atoms. The maximum absolute atomic E-state index is 12.5. The lowest BCUT2D eigenvalue weighted by atomic mass is 10.1. The topological polar surface area (TPSA) is 46.2 Å². The standard InChI is InChI=1S/C15H14ClNO2S2/c16-11-5-7-12(8-6-11)21(18,19)17-14-9-10-20-15-4-2-1-3-13(14)15/h1-8,14,17H,9-10H2. The lowest BCUT2D eigenvalue weighted by Crippen LogP contribution is -2.30. The van der Waals surface area contributed by atoms with Crippen molar-refractivity contribution in [3.05, 3.63) is 59.1 Å². The Hall–Kier alpha value is -1.01. The summed E-state index contributed by atoms with van der Waals surface area (Å²) < 4.78 is 27.7. The number of hydrogen-bond donors (Lipinski definition) is 1. The molecular formula is C15H14ClNO2S2. The Kier molecular flexibility index (Phi) is 4.26. The van der Waals surface area contributed by atoms with Crippen LogP contribution in [-0.4, -0.2) is 14.2 Å². The molecule has 2 aromatic rings. The molecule has 0 aromatic heterocycles. The van der Waals surface area contributed by atoms with Gasteiger partial charge in [-0.2, -0.15) is 0 Å². The summed E-state index contributed by atoms with van der Waals surface area (Å²) in [5.74, 6) is 0.908. The van der Waals surface area contributed by atoms with Crippen molar-refractivity contribution in [1.82, 2.24) is 4.72 Å². The normalized spacial score (nSPS) is 18.2. The molecule has 0 fully saturated rings. The third-order valence-corrected chi connectivity index (χ3v) is 6.24. The summed E-state index contributed by atoms with van der Waals surface area (Å²) in [5.41, 5.74) is 1.05. The zero-order chi connectivity index (χ0) is 14.9. The second-order valence-electron chi connectivity index (χ2n) is 4.80. The quantitative estimate of drug-likeness (QED) is 0.923. The molecule has 2 aromatic carbocycles. The minimum Gasteiger partial charge on any atom is -0.207 e. The second-order valence-corrected chi connectivity index (χ2v) is 8.09. The van der Waals surface area contributed by atoms with E-state index in [-0.39, 0.29) is 10.9 Å². The van der Waals surface area contributed by atoms with Gasteiger partial charge in [-0.15, -0.1) is 11.8 Å². The summed E-state index contributed by atoms with van der Waals surface area (Å²) in [4.78, 5) is 1.38. The fourth-order valence-electron chi connectivity index (χ4n) is 2.33. The van der Waals surface area contributed by atoms with E-state index in [9.17, 15) is 8.42 Å². The molecule has 3 rings (SSSR count). The SMILES string of the molecule is O=S(=O)(NC1CCSc2ccccc21)c1ccc(Cl)cc1. The van der Waals surface area contributed by atoms with Crippen LogP contribution < -0.4 is 4.72 Å². The van der Waals surface area contributed by atoms with Crippen LogP contribution >= 0.6 is 23.4 Å². The molecule has 1 atom stereocenters. The largest absolute Gasteiger partial charge is 0.241 e. The zero-order valence-electron chi connectivity index (χ0n) is 11.1. The van der Waals surface area contributed by atoms with E-state index >= 15 is 0 Å². The van der Waals surface area contributed by atoms with Gasteiger partial charge in [-0.3, -0.25) is 0 Å². The molecule has 3 nitrogen and oxygen atoms in total. The van der Waals surface area contributed by atoms with Crippen molar-refractivity contribution in [1.29, 1.82) is 0 Å². The molecule has 0 amide bonds. The van der Waals surface area contributed by atoms with Crippen LogP contribution in [0.4, 0.5) is 0 Å². The molecule has 0 radical (unpaired) electrons. The first-order chi connectivity index (χ1) is 10.1. The fourth-order valence-corrected chi connectivity index (χ4v) is 4.83. The molecule has 6 heteroatoms. The minimum absolute atomic E-state index is 0.178. The van der Waals surface area contributed by atoms with Crippen LogP contribution in [0.1, 0.15) is 18.0 Å². The summed E-state index contributed by atoms with van der Waals surface area (Å²) in [5, 5.41) is 0.522. The van der Waals surface area contributed by atoms with E-state index in [1.807, 2.05) is 24.3 Å². The number of fused-ring (bicyclic) bond motifs is 1. The molecule has 0 bridgehead atoms. The molecule has 1 aliphatic heterocycles. The molecule has 1 unspecified atom stereocenters. The maximum Gasteiger partial charge on any atom is 0.241 e. The van der Waals surface area contributed by atoms with Crippen LogP contribution in [0.2, 0.25) is 5.02 Å². The fraction of sp³-hybridized carbons (Fsp3) is 0.200. The van der Waals surface area contributed by atoms with Crippen molar-refractivity contribution in [2.75, 3.05) is 5.75 Å². The highest BCUT2D eigenvalue weighted by molar-refractivity contribution is 7.99. The van der Waals surface area contributed by atoms with Gasteiger partial charge in [-0.25, -0.2) is 13.1 Å². The van der Waals surface area contributed by atoms with E-state index in [1.54, 1.807) is 23.9 Å². The molecular weight excluding hydrogens is 326 g/mol. The number of benzene rings is 2. The summed E-state index contributed by atoms with van der Waals surface area (Å²) in [6.45, 7) is 0. The first-order valence-corrected chi connectivity index (χ1v) is 9.40. The molecule has 0 saturated heterocycles. The van der Waals surface area contributed by atoms with Crippen molar-refractivity contribution < 1.29 is 8.42 Å². The van der Waals surface area contributed by atoms with Gasteiger partial charge >= 0.3 is 0 Å². The Bertz CT molecular complexity index is 745. The lowest BCUT2D eigenvalue weighted by molar-refractivity contribution is 0.546. The molecule has 0 spiro atoms. The van der Waals surface area contributed by atoms with Gasteiger partial charge in [0.15, 0.2) is 0 Å². The van der Waals surface area contributed by atoms with Gasteiger partial charge in [0.25, 0.3) is 0 Å². The number of sulfonamides is 1. The average Bonchev–Trinajstić information content (AvgIpc) is 2.48. The van der Waals surface area contributed by atoms with Gasteiger partial charge in [-0.1, -0.05) is 29.8 Å². The van der Waals surface area contributed by atoms with Crippen molar-refractivity contribution in [2.24, 2.45) is 0 Å². The van der Waals surface area contributed by atoms with E-state index < -0.39 is 10.0 Å². The zero-order valence-corrected chi connectivity index (χ0v) is 13.5. The summed E-state index contributed by atoms with van der Waals surface area (Å²) >= 11 is 7.57. The highest BCUT2D eigenvalue weighted by atomic mass is 35.5. The van der Waals surface area contributed by atoms with Crippen LogP contribution in [0.15, 0.2) is 58.3 Å². The molecule has 110 valence electrons. The first kappa shape index (κ1) is 14.9. The van der Waals surface area contributed by atoms with E-state index in [0.29, 0.717) is 5.02 Å². The minimum atomic E-state index is -3.54. The number of thioether (sulfide) groups is 1. The third kappa shape index (κ3) is 3.26. The third-order valence-electron chi connectivity index (χ3n) is 3.38. The van der Waals surface area contributed by atoms with Crippen LogP contribution in [0.3, 0.4) is 0 Å². The van der Waals surface area contributed by atoms with Gasteiger partial charge in [0, 0.05) is 16.0 Å². The highest BCUT2D eigenvalue weighted by Crippen LogP contribution is 2.36. The van der Waals surface area contributed by atoms with E-state index in [2.05, 4.69) is 4.72 Å². The predicted molar refractivity (Wildman–Crippen MR) is 86.3 cm³/mol. The summed E-state index contributed by atoms with van der Waals surface area (Å²) in [6, 6.07) is 14.0. The van der Waals surface area contributed by atoms with Crippen LogP contribution in [0.25, 0.3) is 0 Å². The van der Waals surface area contributed by atoms with Gasteiger partial charge in [0.05, 0.1) is 4.90 Å². The van der Waals surface area contributed by atoms with E-state index in [4.69, 9.17) is 11.6 Å². The Morgan fingerprint density at radius 2 is 1.81 bits per heavy atom. The molecule has 0 saturated carbocycles. The number of halogens is 1. The highest BCUT2D eigenvalue weighted by Gasteiger charge is 2.25. The Morgan fingerprint density at radius 3 is 2.57 bits per heavy atom. The Morgan fingerprint density at radius 1 is 1.10 bits per heavy atom. The van der Waals surface area contributed by atoms with Gasteiger partial charge < -0.3 is 0 Å². The summed E-state index contributed by atoms with van der Waals surface area (Å²) in [7, 11) is -3.54. The lowest BCUT2D eigenvalue weighted by Gasteiger charge is -2.25. The smallest absolute Gasteiger partial charge is 0.207 e. The number of rotatable bonds is 3. The average molecular weight is 340 g/mol. The van der Waals surface area contributed by atoms with Crippen molar-refractivity contribution in [2.45, 2.75) is 22.3 Å². The van der Waals surface area contributed by atoms with Crippen molar-refractivity contribution in [3.8, 4) is 0 Å². The number of hydrogen-bond acceptors (Lipinski definition) is 3. The molecule has 1 aliphatic rings. The Balaban J connectivity index is 1.88. The van der Waals surface area contributed by atoms with E-state index in [1.165, 1.54) is 12.1 Å². The van der Waals surface area contributed by atoms with Gasteiger partial charge in [-0.05, 0) is 48.1 Å². The van der Waals surface area contributed by atoms with Crippen molar-refractivity contribution in [3.63, 3.8) is 0 Å².